The Morgan fingerprint density at radius 1 is 1.10 bits per heavy atom. The predicted molar refractivity (Wildman–Crippen MR) is 118 cm³/mol. The molecule has 1 amide bonds. The van der Waals surface area contributed by atoms with Crippen LogP contribution >= 0.6 is 0 Å². The Morgan fingerprint density at radius 3 is 2.43 bits per heavy atom. The van der Waals surface area contributed by atoms with E-state index in [1.165, 1.54) is 0 Å². The van der Waals surface area contributed by atoms with Gasteiger partial charge in [-0.15, -0.1) is 0 Å². The van der Waals surface area contributed by atoms with E-state index >= 15 is 0 Å². The molecule has 0 aromatic heterocycles. The standard InChI is InChI=1S/C24H30N2O4/c1-17(16-28-3)8-13-23(18(2)25)24(27)26-15-19-9-11-20(12-10-19)30-22-7-5-6-21(14-22)29-4/h5-14,17H,15-16,25H2,1-4H3,(H,26,27)/b13-8-,23-18-. The lowest BCUT2D eigenvalue weighted by Gasteiger charge is -2.10. The van der Waals surface area contributed by atoms with Gasteiger partial charge in [-0.2, -0.15) is 0 Å². The number of rotatable bonds is 10. The second-order valence-corrected chi connectivity index (χ2v) is 7.00. The maximum Gasteiger partial charge on any atom is 0.253 e. The van der Waals surface area contributed by atoms with Crippen LogP contribution in [0.2, 0.25) is 0 Å². The molecule has 0 radical (unpaired) electrons. The number of carbonyl (C=O) groups excluding carboxylic acids is 1. The van der Waals surface area contributed by atoms with Gasteiger partial charge in [0, 0.05) is 25.4 Å². The molecule has 0 fully saturated rings. The number of carbonyl (C=O) groups is 1. The Morgan fingerprint density at radius 2 is 1.80 bits per heavy atom. The first-order valence-corrected chi connectivity index (χ1v) is 9.75. The van der Waals surface area contributed by atoms with Gasteiger partial charge in [-0.1, -0.05) is 37.3 Å². The van der Waals surface area contributed by atoms with Gasteiger partial charge in [-0.3, -0.25) is 4.79 Å². The smallest absolute Gasteiger partial charge is 0.253 e. The molecule has 3 N–H and O–H groups in total. The van der Waals surface area contributed by atoms with E-state index in [4.69, 9.17) is 19.9 Å². The molecule has 2 aromatic rings. The van der Waals surface area contributed by atoms with Crippen LogP contribution in [-0.2, 0) is 16.1 Å². The molecule has 0 spiro atoms. The van der Waals surface area contributed by atoms with Crippen molar-refractivity contribution in [2.45, 2.75) is 20.4 Å². The van der Waals surface area contributed by atoms with E-state index in [0.29, 0.717) is 35.9 Å². The van der Waals surface area contributed by atoms with Crippen molar-refractivity contribution in [2.75, 3.05) is 20.8 Å². The fourth-order valence-corrected chi connectivity index (χ4v) is 2.72. The van der Waals surface area contributed by atoms with Gasteiger partial charge >= 0.3 is 0 Å². The summed E-state index contributed by atoms with van der Waals surface area (Å²) in [5.41, 5.74) is 7.76. The molecule has 6 nitrogen and oxygen atoms in total. The fraction of sp³-hybridized carbons (Fsp3) is 0.292. The SMILES string of the molecule is COCC(C)/C=C\C(C(=O)NCc1ccc(Oc2cccc(OC)c2)cc1)=C(/C)N. The molecule has 0 saturated heterocycles. The van der Waals surface area contributed by atoms with Gasteiger partial charge in [0.2, 0.25) is 0 Å². The van der Waals surface area contributed by atoms with Crippen molar-refractivity contribution in [3.63, 3.8) is 0 Å². The summed E-state index contributed by atoms with van der Waals surface area (Å²) in [7, 11) is 3.26. The maximum atomic E-state index is 12.5. The number of benzene rings is 2. The summed E-state index contributed by atoms with van der Waals surface area (Å²) >= 11 is 0. The van der Waals surface area contributed by atoms with Crippen molar-refractivity contribution in [3.8, 4) is 17.2 Å². The van der Waals surface area contributed by atoms with E-state index in [-0.39, 0.29) is 11.8 Å². The molecule has 0 bridgehead atoms. The van der Waals surface area contributed by atoms with Crippen molar-refractivity contribution < 1.29 is 19.0 Å². The van der Waals surface area contributed by atoms with Gasteiger partial charge < -0.3 is 25.3 Å². The van der Waals surface area contributed by atoms with Crippen LogP contribution in [0.5, 0.6) is 17.2 Å². The highest BCUT2D eigenvalue weighted by Crippen LogP contribution is 2.25. The zero-order chi connectivity index (χ0) is 21.9. The molecule has 1 unspecified atom stereocenters. The van der Waals surface area contributed by atoms with Crippen molar-refractivity contribution >= 4 is 5.91 Å². The molecule has 1 atom stereocenters. The first kappa shape index (κ1) is 23.0. The average molecular weight is 411 g/mol. The van der Waals surface area contributed by atoms with Gasteiger partial charge in [0.1, 0.15) is 17.2 Å². The van der Waals surface area contributed by atoms with Gasteiger partial charge in [-0.25, -0.2) is 0 Å². The number of methoxy groups -OCH3 is 2. The first-order chi connectivity index (χ1) is 14.4. The molecule has 0 aliphatic carbocycles. The molecule has 2 rings (SSSR count). The molecule has 30 heavy (non-hydrogen) atoms. The quantitative estimate of drug-likeness (QED) is 0.454. The summed E-state index contributed by atoms with van der Waals surface area (Å²) in [4.78, 5) is 12.5. The van der Waals surface area contributed by atoms with Crippen LogP contribution in [0, 0.1) is 5.92 Å². The number of allylic oxidation sites excluding steroid dienone is 1. The van der Waals surface area contributed by atoms with Crippen LogP contribution in [0.25, 0.3) is 0 Å². The van der Waals surface area contributed by atoms with Gasteiger partial charge in [0.05, 0.1) is 19.3 Å². The van der Waals surface area contributed by atoms with Crippen LogP contribution in [0.4, 0.5) is 0 Å². The topological polar surface area (TPSA) is 82.8 Å². The summed E-state index contributed by atoms with van der Waals surface area (Å²) in [6, 6.07) is 14.9. The minimum Gasteiger partial charge on any atom is -0.497 e. The number of hydrogen-bond acceptors (Lipinski definition) is 5. The van der Waals surface area contributed by atoms with E-state index < -0.39 is 0 Å². The third kappa shape index (κ3) is 7.29. The van der Waals surface area contributed by atoms with E-state index in [2.05, 4.69) is 5.32 Å². The number of amides is 1. The van der Waals surface area contributed by atoms with E-state index in [1.54, 1.807) is 27.2 Å². The summed E-state index contributed by atoms with van der Waals surface area (Å²) in [6.45, 7) is 4.69. The van der Waals surface area contributed by atoms with E-state index in [9.17, 15) is 4.79 Å². The minimum absolute atomic E-state index is 0.189. The maximum absolute atomic E-state index is 12.5. The monoisotopic (exact) mass is 410 g/mol. The second-order valence-electron chi connectivity index (χ2n) is 7.00. The van der Waals surface area contributed by atoms with Crippen LogP contribution < -0.4 is 20.5 Å². The number of nitrogens with one attached hydrogen (secondary N) is 1. The van der Waals surface area contributed by atoms with Crippen molar-refractivity contribution in [3.05, 3.63) is 77.5 Å². The Hall–Kier alpha value is -3.25. The summed E-state index contributed by atoms with van der Waals surface area (Å²) in [5, 5.41) is 2.90. The molecule has 0 saturated carbocycles. The lowest BCUT2D eigenvalue weighted by Crippen LogP contribution is -2.25. The Kier molecular flexibility index (Phi) is 8.97. The van der Waals surface area contributed by atoms with Gasteiger partial charge in [0.15, 0.2) is 0 Å². The number of hydrogen-bond donors (Lipinski definition) is 2. The molecule has 0 heterocycles. The average Bonchev–Trinajstić information content (AvgIpc) is 2.73. The van der Waals surface area contributed by atoms with Crippen LogP contribution in [0.3, 0.4) is 0 Å². The molecular weight excluding hydrogens is 380 g/mol. The molecular formula is C24H30N2O4. The zero-order valence-corrected chi connectivity index (χ0v) is 18.0. The highest BCUT2D eigenvalue weighted by Gasteiger charge is 2.09. The Bertz CT molecular complexity index is 884. The van der Waals surface area contributed by atoms with Crippen molar-refractivity contribution in [1.82, 2.24) is 5.32 Å². The summed E-state index contributed by atoms with van der Waals surface area (Å²) in [5.74, 6) is 2.10. The Balaban J connectivity index is 1.94. The van der Waals surface area contributed by atoms with E-state index in [0.717, 1.165) is 11.3 Å². The molecule has 0 aliphatic rings. The van der Waals surface area contributed by atoms with Crippen molar-refractivity contribution in [2.24, 2.45) is 11.7 Å². The minimum atomic E-state index is -0.215. The lowest BCUT2D eigenvalue weighted by molar-refractivity contribution is -0.117. The highest BCUT2D eigenvalue weighted by molar-refractivity contribution is 5.96. The van der Waals surface area contributed by atoms with Crippen LogP contribution in [0.15, 0.2) is 72.0 Å². The molecule has 0 aliphatic heterocycles. The predicted octanol–water partition coefficient (Wildman–Crippen LogP) is 4.18. The molecule has 160 valence electrons. The van der Waals surface area contributed by atoms with Crippen LogP contribution in [-0.4, -0.2) is 26.7 Å². The largest absolute Gasteiger partial charge is 0.497 e. The Labute approximate surface area is 178 Å². The highest BCUT2D eigenvalue weighted by atomic mass is 16.5. The third-order valence-electron chi connectivity index (χ3n) is 4.34. The molecule has 6 heteroatoms. The van der Waals surface area contributed by atoms with Crippen molar-refractivity contribution in [1.29, 1.82) is 0 Å². The normalized spacial score (nSPS) is 12.9. The first-order valence-electron chi connectivity index (χ1n) is 9.75. The van der Waals surface area contributed by atoms with E-state index in [1.807, 2.05) is 61.5 Å². The number of ether oxygens (including phenoxy) is 3. The summed E-state index contributed by atoms with van der Waals surface area (Å²) in [6.07, 6.45) is 3.67. The fourth-order valence-electron chi connectivity index (χ4n) is 2.72. The zero-order valence-electron chi connectivity index (χ0n) is 18.0. The summed E-state index contributed by atoms with van der Waals surface area (Å²) < 4.78 is 16.1. The lowest BCUT2D eigenvalue weighted by atomic mass is 10.1. The van der Waals surface area contributed by atoms with Gasteiger partial charge in [0.25, 0.3) is 5.91 Å². The number of nitrogens with two attached hydrogens (primary N) is 1. The molecule has 2 aromatic carbocycles. The van der Waals surface area contributed by atoms with Crippen LogP contribution in [0.1, 0.15) is 19.4 Å². The second kappa shape index (κ2) is 11.7. The van der Waals surface area contributed by atoms with Gasteiger partial charge in [-0.05, 0) is 42.7 Å². The third-order valence-corrected chi connectivity index (χ3v) is 4.34.